The van der Waals surface area contributed by atoms with Gasteiger partial charge in [0.25, 0.3) is 0 Å². The van der Waals surface area contributed by atoms with Gasteiger partial charge in [-0.15, -0.1) is 0 Å². The number of aromatic hydroxyl groups is 1. The normalized spacial score (nSPS) is 21.2. The molecule has 1 fully saturated rings. The van der Waals surface area contributed by atoms with Crippen LogP contribution in [-0.2, 0) is 6.42 Å². The molecule has 1 aromatic carbocycles. The zero-order valence-electron chi connectivity index (χ0n) is 7.88. The van der Waals surface area contributed by atoms with Gasteiger partial charge in [-0.1, -0.05) is 13.0 Å². The van der Waals surface area contributed by atoms with E-state index in [1.165, 1.54) is 17.5 Å². The summed E-state index contributed by atoms with van der Waals surface area (Å²) in [6.07, 6.45) is 2.23. The van der Waals surface area contributed by atoms with Gasteiger partial charge in [-0.25, -0.2) is 0 Å². The van der Waals surface area contributed by atoms with E-state index in [0.29, 0.717) is 11.8 Å². The second kappa shape index (κ2) is 3.38. The van der Waals surface area contributed by atoms with Crippen molar-refractivity contribution in [3.63, 3.8) is 0 Å². The molecule has 1 unspecified atom stereocenters. The highest BCUT2D eigenvalue weighted by molar-refractivity contribution is 5.37. The third kappa shape index (κ3) is 1.54. The van der Waals surface area contributed by atoms with Crippen LogP contribution in [0.1, 0.15) is 30.5 Å². The fourth-order valence-corrected chi connectivity index (χ4v) is 1.78. The molecule has 0 aliphatic carbocycles. The molecule has 70 valence electrons. The predicted molar refractivity (Wildman–Crippen MR) is 52.8 cm³/mol. The Labute approximate surface area is 78.6 Å². The van der Waals surface area contributed by atoms with Crippen molar-refractivity contribution in [3.05, 3.63) is 29.3 Å². The first-order valence-electron chi connectivity index (χ1n) is 4.86. The first kappa shape index (κ1) is 8.57. The molecule has 0 radical (unpaired) electrons. The molecular formula is C11H15NO. The Morgan fingerprint density at radius 2 is 2.31 bits per heavy atom. The Morgan fingerprint density at radius 1 is 1.54 bits per heavy atom. The Balaban J connectivity index is 2.33. The minimum Gasteiger partial charge on any atom is -0.508 e. The SMILES string of the molecule is CCc1ccc(O)cc1C1CCN1. The molecule has 0 aromatic heterocycles. The van der Waals surface area contributed by atoms with E-state index >= 15 is 0 Å². The second-order valence-corrected chi connectivity index (χ2v) is 3.53. The van der Waals surface area contributed by atoms with Gasteiger partial charge in [-0.2, -0.15) is 0 Å². The molecule has 2 rings (SSSR count). The Bertz CT molecular complexity index is 305. The van der Waals surface area contributed by atoms with E-state index in [9.17, 15) is 5.11 Å². The van der Waals surface area contributed by atoms with E-state index in [4.69, 9.17) is 0 Å². The molecular weight excluding hydrogens is 162 g/mol. The van der Waals surface area contributed by atoms with E-state index in [1.54, 1.807) is 6.07 Å². The number of rotatable bonds is 2. The van der Waals surface area contributed by atoms with Gasteiger partial charge in [0.2, 0.25) is 0 Å². The first-order chi connectivity index (χ1) is 6.31. The van der Waals surface area contributed by atoms with Crippen molar-refractivity contribution in [2.45, 2.75) is 25.8 Å². The van der Waals surface area contributed by atoms with E-state index in [2.05, 4.69) is 12.2 Å². The second-order valence-electron chi connectivity index (χ2n) is 3.53. The first-order valence-corrected chi connectivity index (χ1v) is 4.86. The highest BCUT2D eigenvalue weighted by Gasteiger charge is 2.20. The number of nitrogens with one attached hydrogen (secondary N) is 1. The average molecular weight is 177 g/mol. The molecule has 2 nitrogen and oxygen atoms in total. The summed E-state index contributed by atoms with van der Waals surface area (Å²) in [5.41, 5.74) is 2.61. The summed E-state index contributed by atoms with van der Waals surface area (Å²) in [7, 11) is 0. The van der Waals surface area contributed by atoms with Gasteiger partial charge in [0, 0.05) is 6.04 Å². The molecule has 1 atom stereocenters. The van der Waals surface area contributed by atoms with Crippen LogP contribution in [0.5, 0.6) is 5.75 Å². The minimum atomic E-state index is 0.376. The Morgan fingerprint density at radius 3 is 2.85 bits per heavy atom. The fourth-order valence-electron chi connectivity index (χ4n) is 1.78. The molecule has 2 heteroatoms. The summed E-state index contributed by atoms with van der Waals surface area (Å²) < 4.78 is 0. The highest BCUT2D eigenvalue weighted by Crippen LogP contribution is 2.29. The lowest BCUT2D eigenvalue weighted by molar-refractivity contribution is 0.378. The fraction of sp³-hybridized carbons (Fsp3) is 0.455. The zero-order chi connectivity index (χ0) is 9.26. The van der Waals surface area contributed by atoms with E-state index in [-0.39, 0.29) is 0 Å². The third-order valence-corrected chi connectivity index (χ3v) is 2.71. The standard InChI is InChI=1S/C11H15NO/c1-2-8-3-4-9(13)7-10(8)11-5-6-12-11/h3-4,7,11-13H,2,5-6H2,1H3. The molecule has 1 heterocycles. The number of benzene rings is 1. The van der Waals surface area contributed by atoms with Gasteiger partial charge in [-0.3, -0.25) is 0 Å². The van der Waals surface area contributed by atoms with Crippen LogP contribution in [0.3, 0.4) is 0 Å². The van der Waals surface area contributed by atoms with E-state index in [1.807, 2.05) is 12.1 Å². The van der Waals surface area contributed by atoms with Crippen molar-refractivity contribution in [2.24, 2.45) is 0 Å². The molecule has 0 bridgehead atoms. The van der Waals surface area contributed by atoms with Crippen molar-refractivity contribution in [1.29, 1.82) is 0 Å². The Kier molecular flexibility index (Phi) is 2.23. The molecule has 0 amide bonds. The van der Waals surface area contributed by atoms with Gasteiger partial charge in [0.05, 0.1) is 0 Å². The minimum absolute atomic E-state index is 0.376. The maximum atomic E-state index is 9.37. The number of hydrogen-bond donors (Lipinski definition) is 2. The van der Waals surface area contributed by atoms with Gasteiger partial charge in [0.15, 0.2) is 0 Å². The van der Waals surface area contributed by atoms with Crippen molar-refractivity contribution >= 4 is 0 Å². The summed E-state index contributed by atoms with van der Waals surface area (Å²) >= 11 is 0. The zero-order valence-corrected chi connectivity index (χ0v) is 7.88. The van der Waals surface area contributed by atoms with Crippen LogP contribution in [-0.4, -0.2) is 11.7 Å². The monoisotopic (exact) mass is 177 g/mol. The van der Waals surface area contributed by atoms with Gasteiger partial charge in [0.1, 0.15) is 5.75 Å². The number of phenolic OH excluding ortho intramolecular Hbond substituents is 1. The van der Waals surface area contributed by atoms with Crippen LogP contribution in [0.4, 0.5) is 0 Å². The summed E-state index contributed by atoms with van der Waals surface area (Å²) in [4.78, 5) is 0. The molecule has 1 aliphatic rings. The molecule has 0 saturated carbocycles. The molecule has 2 N–H and O–H groups in total. The van der Waals surface area contributed by atoms with Crippen LogP contribution >= 0.6 is 0 Å². The lowest BCUT2D eigenvalue weighted by atomic mass is 9.92. The van der Waals surface area contributed by atoms with Crippen molar-refractivity contribution in [1.82, 2.24) is 5.32 Å². The summed E-state index contributed by atoms with van der Waals surface area (Å²) in [6.45, 7) is 3.25. The topological polar surface area (TPSA) is 32.3 Å². The molecule has 1 saturated heterocycles. The van der Waals surface area contributed by atoms with Gasteiger partial charge in [-0.05, 0) is 42.6 Å². The van der Waals surface area contributed by atoms with Crippen LogP contribution in [0.2, 0.25) is 0 Å². The van der Waals surface area contributed by atoms with Crippen LogP contribution in [0, 0.1) is 0 Å². The lowest BCUT2D eigenvalue weighted by Gasteiger charge is -2.29. The molecule has 13 heavy (non-hydrogen) atoms. The largest absolute Gasteiger partial charge is 0.508 e. The predicted octanol–water partition coefficient (Wildman–Crippen LogP) is 1.99. The van der Waals surface area contributed by atoms with Crippen LogP contribution in [0.15, 0.2) is 18.2 Å². The summed E-state index contributed by atoms with van der Waals surface area (Å²) in [6, 6.07) is 6.14. The van der Waals surface area contributed by atoms with E-state index in [0.717, 1.165) is 13.0 Å². The van der Waals surface area contributed by atoms with Gasteiger partial charge >= 0.3 is 0 Å². The maximum Gasteiger partial charge on any atom is 0.115 e. The molecule has 0 spiro atoms. The van der Waals surface area contributed by atoms with Crippen molar-refractivity contribution in [3.8, 4) is 5.75 Å². The highest BCUT2D eigenvalue weighted by atomic mass is 16.3. The van der Waals surface area contributed by atoms with Crippen molar-refractivity contribution in [2.75, 3.05) is 6.54 Å². The third-order valence-electron chi connectivity index (χ3n) is 2.71. The quantitative estimate of drug-likeness (QED) is 0.724. The maximum absolute atomic E-state index is 9.37. The molecule has 1 aliphatic heterocycles. The lowest BCUT2D eigenvalue weighted by Crippen LogP contribution is -2.35. The van der Waals surface area contributed by atoms with Crippen molar-refractivity contribution < 1.29 is 5.11 Å². The van der Waals surface area contributed by atoms with Crippen LogP contribution < -0.4 is 5.32 Å². The smallest absolute Gasteiger partial charge is 0.115 e. The van der Waals surface area contributed by atoms with Gasteiger partial charge < -0.3 is 10.4 Å². The summed E-state index contributed by atoms with van der Waals surface area (Å²) in [5.74, 6) is 0.376. The Hall–Kier alpha value is -1.02. The summed E-state index contributed by atoms with van der Waals surface area (Å²) in [5, 5.41) is 12.7. The number of phenols is 1. The average Bonchev–Trinajstić information content (AvgIpc) is 2.02. The number of hydrogen-bond acceptors (Lipinski definition) is 2. The van der Waals surface area contributed by atoms with E-state index < -0.39 is 0 Å². The number of aryl methyl sites for hydroxylation is 1. The molecule has 1 aromatic rings. The van der Waals surface area contributed by atoms with Crippen LogP contribution in [0.25, 0.3) is 0 Å².